The van der Waals surface area contributed by atoms with Gasteiger partial charge in [-0.1, -0.05) is 11.1 Å². The van der Waals surface area contributed by atoms with Crippen molar-refractivity contribution in [1.29, 1.82) is 0 Å². The Hall–Kier alpha value is -1.84. The number of halogens is 1. The highest BCUT2D eigenvalue weighted by molar-refractivity contribution is 5.94. The van der Waals surface area contributed by atoms with Crippen LogP contribution in [-0.4, -0.2) is 31.0 Å². The van der Waals surface area contributed by atoms with E-state index >= 15 is 0 Å². The van der Waals surface area contributed by atoms with Crippen molar-refractivity contribution in [2.24, 2.45) is 0 Å². The van der Waals surface area contributed by atoms with Gasteiger partial charge in [0.1, 0.15) is 0 Å². The molecule has 0 atom stereocenters. The number of ether oxygens (including phenoxy) is 1. The van der Waals surface area contributed by atoms with E-state index < -0.39 is 5.82 Å². The van der Waals surface area contributed by atoms with Gasteiger partial charge in [0.25, 0.3) is 5.91 Å². The molecule has 1 aromatic rings. The first kappa shape index (κ1) is 13.2. The summed E-state index contributed by atoms with van der Waals surface area (Å²) >= 11 is 0. The van der Waals surface area contributed by atoms with Crippen LogP contribution in [0.4, 0.5) is 4.39 Å². The molecule has 1 saturated heterocycles. The molecular formula is C16H18FNO2. The Bertz CT molecular complexity index is 564. The van der Waals surface area contributed by atoms with Crippen LogP contribution in [0.5, 0.6) is 5.75 Å². The van der Waals surface area contributed by atoms with Crippen LogP contribution >= 0.6 is 0 Å². The highest BCUT2D eigenvalue weighted by atomic mass is 19.1. The summed E-state index contributed by atoms with van der Waals surface area (Å²) in [6.45, 7) is 1.48. The molecule has 106 valence electrons. The molecule has 0 N–H and O–H groups in total. The van der Waals surface area contributed by atoms with Crippen molar-refractivity contribution >= 4 is 5.91 Å². The smallest absolute Gasteiger partial charge is 0.253 e. The standard InChI is InChI=1S/C16H18FNO2/c1-20-15-5-4-13(10-14(15)17)16(19)18-8-6-12(7-9-18)11-2-3-11/h4-5,10H,2-3,6-9H2,1H3. The SMILES string of the molecule is COc1ccc(C(=O)N2CCC(=C3CC3)CC2)cc1F. The lowest BCUT2D eigenvalue weighted by Crippen LogP contribution is -2.36. The highest BCUT2D eigenvalue weighted by Gasteiger charge is 2.25. The lowest BCUT2D eigenvalue weighted by molar-refractivity contribution is 0.0743. The summed E-state index contributed by atoms with van der Waals surface area (Å²) in [5, 5.41) is 0. The lowest BCUT2D eigenvalue weighted by atomic mass is 10.0. The molecule has 1 saturated carbocycles. The van der Waals surface area contributed by atoms with Gasteiger partial charge in [-0.3, -0.25) is 4.79 Å². The number of piperidine rings is 1. The Morgan fingerprint density at radius 2 is 1.80 bits per heavy atom. The third-order valence-corrected chi connectivity index (χ3v) is 4.05. The number of carbonyl (C=O) groups is 1. The van der Waals surface area contributed by atoms with Gasteiger partial charge in [-0.05, 0) is 43.9 Å². The zero-order valence-corrected chi connectivity index (χ0v) is 11.6. The number of methoxy groups -OCH3 is 1. The van der Waals surface area contributed by atoms with Gasteiger partial charge in [0.05, 0.1) is 7.11 Å². The van der Waals surface area contributed by atoms with E-state index in [1.54, 1.807) is 11.6 Å². The van der Waals surface area contributed by atoms with Crippen molar-refractivity contribution in [2.75, 3.05) is 20.2 Å². The second-order valence-electron chi connectivity index (χ2n) is 5.35. The van der Waals surface area contributed by atoms with E-state index in [-0.39, 0.29) is 11.7 Å². The first-order chi connectivity index (χ1) is 9.69. The largest absolute Gasteiger partial charge is 0.494 e. The van der Waals surface area contributed by atoms with Gasteiger partial charge in [0.15, 0.2) is 11.6 Å². The predicted octanol–water partition coefficient (Wildman–Crippen LogP) is 3.16. The molecule has 1 amide bonds. The van der Waals surface area contributed by atoms with E-state index in [1.807, 2.05) is 4.90 Å². The van der Waals surface area contributed by atoms with E-state index in [0.717, 1.165) is 25.9 Å². The molecule has 3 rings (SSSR count). The molecule has 0 aromatic heterocycles. The van der Waals surface area contributed by atoms with Gasteiger partial charge in [0.2, 0.25) is 0 Å². The van der Waals surface area contributed by atoms with Gasteiger partial charge in [0, 0.05) is 18.7 Å². The minimum atomic E-state index is -0.490. The van der Waals surface area contributed by atoms with Gasteiger partial charge in [-0.15, -0.1) is 0 Å². The molecule has 4 heteroatoms. The molecule has 0 radical (unpaired) electrons. The monoisotopic (exact) mass is 275 g/mol. The summed E-state index contributed by atoms with van der Waals surface area (Å²) < 4.78 is 18.5. The summed E-state index contributed by atoms with van der Waals surface area (Å²) in [4.78, 5) is 14.2. The maximum atomic E-state index is 13.7. The quantitative estimate of drug-likeness (QED) is 0.776. The average Bonchev–Trinajstić information content (AvgIpc) is 3.31. The molecule has 0 spiro atoms. The Morgan fingerprint density at radius 1 is 1.15 bits per heavy atom. The van der Waals surface area contributed by atoms with Crippen molar-refractivity contribution in [3.63, 3.8) is 0 Å². The molecule has 1 aromatic carbocycles. The van der Waals surface area contributed by atoms with Crippen LogP contribution in [0, 0.1) is 5.82 Å². The second kappa shape index (κ2) is 5.27. The van der Waals surface area contributed by atoms with E-state index in [2.05, 4.69) is 0 Å². The highest BCUT2D eigenvalue weighted by Crippen LogP contribution is 2.36. The number of nitrogens with zero attached hydrogens (tertiary/aromatic N) is 1. The fourth-order valence-corrected chi connectivity index (χ4v) is 2.73. The number of allylic oxidation sites excluding steroid dienone is 1. The molecule has 2 aliphatic rings. The fraction of sp³-hybridized carbons (Fsp3) is 0.438. The Morgan fingerprint density at radius 3 is 2.35 bits per heavy atom. The normalized spacial score (nSPS) is 18.2. The first-order valence-corrected chi connectivity index (χ1v) is 7.01. The number of benzene rings is 1. The number of amides is 1. The second-order valence-corrected chi connectivity index (χ2v) is 5.35. The predicted molar refractivity (Wildman–Crippen MR) is 74.3 cm³/mol. The molecule has 1 heterocycles. The Balaban J connectivity index is 1.70. The number of rotatable bonds is 2. The van der Waals surface area contributed by atoms with Gasteiger partial charge in [-0.25, -0.2) is 4.39 Å². The molecule has 20 heavy (non-hydrogen) atoms. The Labute approximate surface area is 118 Å². The molecule has 2 fully saturated rings. The van der Waals surface area contributed by atoms with Gasteiger partial charge >= 0.3 is 0 Å². The van der Waals surface area contributed by atoms with Crippen molar-refractivity contribution in [1.82, 2.24) is 4.90 Å². The van der Waals surface area contributed by atoms with Crippen LogP contribution in [0.25, 0.3) is 0 Å². The minimum Gasteiger partial charge on any atom is -0.494 e. The molecule has 3 nitrogen and oxygen atoms in total. The summed E-state index contributed by atoms with van der Waals surface area (Å²) in [7, 11) is 1.41. The molecular weight excluding hydrogens is 257 g/mol. The van der Waals surface area contributed by atoms with Gasteiger partial charge < -0.3 is 9.64 Å². The van der Waals surface area contributed by atoms with Crippen LogP contribution in [0.15, 0.2) is 29.3 Å². The lowest BCUT2D eigenvalue weighted by Gasteiger charge is -2.28. The van der Waals surface area contributed by atoms with Gasteiger partial charge in [-0.2, -0.15) is 0 Å². The summed E-state index contributed by atoms with van der Waals surface area (Å²) in [6, 6.07) is 4.39. The molecule has 0 unspecified atom stereocenters. The van der Waals surface area contributed by atoms with Crippen LogP contribution in [-0.2, 0) is 0 Å². The summed E-state index contributed by atoms with van der Waals surface area (Å²) in [5.41, 5.74) is 3.52. The molecule has 1 aliphatic carbocycles. The third kappa shape index (κ3) is 2.55. The first-order valence-electron chi connectivity index (χ1n) is 7.01. The minimum absolute atomic E-state index is 0.0913. The Kier molecular flexibility index (Phi) is 3.47. The zero-order chi connectivity index (χ0) is 14.1. The number of hydrogen-bond donors (Lipinski definition) is 0. The van der Waals surface area contributed by atoms with Crippen molar-refractivity contribution in [2.45, 2.75) is 25.7 Å². The van der Waals surface area contributed by atoms with Crippen molar-refractivity contribution in [3.05, 3.63) is 40.7 Å². The van der Waals surface area contributed by atoms with E-state index in [0.29, 0.717) is 5.56 Å². The topological polar surface area (TPSA) is 29.5 Å². The third-order valence-electron chi connectivity index (χ3n) is 4.05. The molecule has 0 bridgehead atoms. The maximum absolute atomic E-state index is 13.7. The van der Waals surface area contributed by atoms with E-state index in [9.17, 15) is 9.18 Å². The maximum Gasteiger partial charge on any atom is 0.253 e. The number of carbonyl (C=O) groups excluding carboxylic acids is 1. The van der Waals surface area contributed by atoms with Crippen molar-refractivity contribution < 1.29 is 13.9 Å². The molecule has 1 aliphatic heterocycles. The van der Waals surface area contributed by atoms with E-state index in [1.165, 1.54) is 37.7 Å². The van der Waals surface area contributed by atoms with Crippen LogP contribution < -0.4 is 4.74 Å². The zero-order valence-electron chi connectivity index (χ0n) is 11.6. The van der Waals surface area contributed by atoms with Crippen LogP contribution in [0.3, 0.4) is 0 Å². The summed E-state index contributed by atoms with van der Waals surface area (Å²) in [6.07, 6.45) is 4.43. The van der Waals surface area contributed by atoms with Crippen LogP contribution in [0.2, 0.25) is 0 Å². The van der Waals surface area contributed by atoms with E-state index in [4.69, 9.17) is 4.74 Å². The number of hydrogen-bond acceptors (Lipinski definition) is 2. The van der Waals surface area contributed by atoms with Crippen LogP contribution in [0.1, 0.15) is 36.0 Å². The number of likely N-dealkylation sites (tertiary alicyclic amines) is 1. The summed E-state index contributed by atoms with van der Waals surface area (Å²) in [5.74, 6) is -0.413. The van der Waals surface area contributed by atoms with Crippen molar-refractivity contribution in [3.8, 4) is 5.75 Å². The fourth-order valence-electron chi connectivity index (χ4n) is 2.73. The average molecular weight is 275 g/mol.